The van der Waals surface area contributed by atoms with Crippen molar-refractivity contribution in [2.75, 3.05) is 0 Å². The largest absolute Gasteiger partial charge is 0.428 e. The Hall–Kier alpha value is -1.74. The molecule has 0 spiro atoms. The predicted octanol–water partition coefficient (Wildman–Crippen LogP) is 9.48. The first-order valence-electron chi connectivity index (χ1n) is 12.2. The molecule has 0 N–H and O–H groups in total. The molecule has 0 radical (unpaired) electrons. The topological polar surface area (TPSA) is 18.5 Å². The summed E-state index contributed by atoms with van der Waals surface area (Å²) in [6, 6.07) is 27.0. The van der Waals surface area contributed by atoms with Crippen LogP contribution in [0.4, 0.5) is 0 Å². The molecule has 182 valence electrons. The Balaban J connectivity index is 1.88. The fourth-order valence-electron chi connectivity index (χ4n) is 3.53. The third kappa shape index (κ3) is 8.80. The maximum absolute atomic E-state index is 6.64. The molecule has 2 nitrogen and oxygen atoms in total. The molecule has 0 aromatic heterocycles. The van der Waals surface area contributed by atoms with Crippen molar-refractivity contribution in [2.45, 2.75) is 59.1 Å². The van der Waals surface area contributed by atoms with Crippen LogP contribution in [0.3, 0.4) is 0 Å². The second-order valence-electron chi connectivity index (χ2n) is 9.47. The minimum atomic E-state index is -2.73. The summed E-state index contributed by atoms with van der Waals surface area (Å²) >= 11 is 7.80. The van der Waals surface area contributed by atoms with Crippen molar-refractivity contribution in [3.63, 3.8) is 0 Å². The molecule has 0 saturated carbocycles. The zero-order valence-corrected chi connectivity index (χ0v) is 23.3. The summed E-state index contributed by atoms with van der Waals surface area (Å²) in [5, 5.41) is 0. The quantitative estimate of drug-likeness (QED) is 0.212. The van der Waals surface area contributed by atoms with Crippen LogP contribution >= 0.6 is 17.1 Å². The molecule has 0 aliphatic carbocycles. The van der Waals surface area contributed by atoms with E-state index in [1.165, 1.54) is 16.7 Å². The summed E-state index contributed by atoms with van der Waals surface area (Å²) in [7, 11) is 0. The average molecular weight is 513 g/mol. The van der Waals surface area contributed by atoms with Crippen molar-refractivity contribution >= 4 is 28.9 Å². The Morgan fingerprint density at radius 3 is 1.59 bits per heavy atom. The Morgan fingerprint density at radius 2 is 1.12 bits per heavy atom. The number of benzene rings is 3. The van der Waals surface area contributed by atoms with Gasteiger partial charge in [-0.3, -0.25) is 0 Å². The van der Waals surface area contributed by atoms with Crippen molar-refractivity contribution in [3.05, 3.63) is 95.6 Å². The number of hydrogen-bond acceptors (Lipinski definition) is 4. The highest BCUT2D eigenvalue weighted by atomic mass is 32.9. The Kier molecular flexibility index (Phi) is 10.6. The van der Waals surface area contributed by atoms with Crippen LogP contribution in [0.1, 0.15) is 57.2 Å². The minimum Gasteiger partial charge on any atom is -0.428 e. The van der Waals surface area contributed by atoms with Gasteiger partial charge in [0.1, 0.15) is 11.5 Å². The molecule has 0 amide bonds. The molecule has 34 heavy (non-hydrogen) atoms. The van der Waals surface area contributed by atoms with Gasteiger partial charge in [0, 0.05) is 5.75 Å². The Bertz CT molecular complexity index is 1000. The first kappa shape index (κ1) is 26.9. The molecule has 5 heteroatoms. The van der Waals surface area contributed by atoms with E-state index < -0.39 is 5.69 Å². The normalized spacial score (nSPS) is 11.7. The van der Waals surface area contributed by atoms with Crippen LogP contribution in [0, 0.1) is 11.8 Å². The van der Waals surface area contributed by atoms with Crippen molar-refractivity contribution < 1.29 is 9.05 Å². The SMILES string of the molecule is CC(C)CCc1ccccc1OP(=S)(Oc1ccccc1CCC(C)C)SCc1ccccc1. The van der Waals surface area contributed by atoms with E-state index in [1.54, 1.807) is 11.4 Å². The first-order valence-corrected chi connectivity index (χ1v) is 16.4. The number of rotatable bonds is 13. The van der Waals surface area contributed by atoms with E-state index in [-0.39, 0.29) is 0 Å². The lowest BCUT2D eigenvalue weighted by molar-refractivity contribution is 0.492. The molecule has 0 bridgehead atoms. The van der Waals surface area contributed by atoms with Crippen LogP contribution in [0.5, 0.6) is 11.5 Å². The van der Waals surface area contributed by atoms with Crippen LogP contribution in [0.15, 0.2) is 78.9 Å². The second kappa shape index (κ2) is 13.4. The number of aryl methyl sites for hydroxylation is 2. The van der Waals surface area contributed by atoms with Crippen molar-refractivity contribution in [3.8, 4) is 11.5 Å². The van der Waals surface area contributed by atoms with Gasteiger partial charge in [0.2, 0.25) is 0 Å². The van der Waals surface area contributed by atoms with E-state index in [9.17, 15) is 0 Å². The van der Waals surface area contributed by atoms with E-state index in [4.69, 9.17) is 20.9 Å². The second-order valence-corrected chi connectivity index (χ2v) is 15.6. The lowest BCUT2D eigenvalue weighted by atomic mass is 10.0. The van der Waals surface area contributed by atoms with Crippen molar-refractivity contribution in [1.82, 2.24) is 0 Å². The summed E-state index contributed by atoms with van der Waals surface area (Å²) in [6.45, 7) is 9.00. The fourth-order valence-corrected chi connectivity index (χ4v) is 7.68. The zero-order chi connectivity index (χ0) is 24.4. The van der Waals surface area contributed by atoms with Gasteiger partial charge < -0.3 is 9.05 Å². The monoisotopic (exact) mass is 512 g/mol. The van der Waals surface area contributed by atoms with Gasteiger partial charge in [0.05, 0.1) is 0 Å². The van der Waals surface area contributed by atoms with Gasteiger partial charge in [-0.05, 0) is 89.5 Å². The lowest BCUT2D eigenvalue weighted by Gasteiger charge is -2.25. The maximum Gasteiger partial charge on any atom is 0.348 e. The van der Waals surface area contributed by atoms with Gasteiger partial charge in [-0.15, -0.1) is 0 Å². The van der Waals surface area contributed by atoms with Gasteiger partial charge in [-0.2, -0.15) is 0 Å². The highest BCUT2D eigenvalue weighted by molar-refractivity contribution is 8.67. The van der Waals surface area contributed by atoms with E-state index in [0.29, 0.717) is 11.8 Å². The number of hydrogen-bond donors (Lipinski definition) is 0. The summed E-state index contributed by atoms with van der Waals surface area (Å²) < 4.78 is 13.3. The van der Waals surface area contributed by atoms with Gasteiger partial charge in [-0.1, -0.05) is 94.4 Å². The minimum absolute atomic E-state index is 0.632. The van der Waals surface area contributed by atoms with Crippen LogP contribution in [-0.2, 0) is 30.4 Å². The predicted molar refractivity (Wildman–Crippen MR) is 152 cm³/mol. The highest BCUT2D eigenvalue weighted by Crippen LogP contribution is 2.61. The third-order valence-corrected chi connectivity index (χ3v) is 10.4. The van der Waals surface area contributed by atoms with Gasteiger partial charge in [0.25, 0.3) is 0 Å². The first-order chi connectivity index (χ1) is 16.3. The average Bonchev–Trinajstić information content (AvgIpc) is 2.82. The molecule has 3 rings (SSSR count). The lowest BCUT2D eigenvalue weighted by Crippen LogP contribution is -2.03. The molecular weight excluding hydrogens is 475 g/mol. The molecule has 0 fully saturated rings. The summed E-state index contributed by atoms with van der Waals surface area (Å²) in [4.78, 5) is 0. The van der Waals surface area contributed by atoms with Crippen LogP contribution < -0.4 is 9.05 Å². The molecule has 0 heterocycles. The van der Waals surface area contributed by atoms with Crippen molar-refractivity contribution in [2.24, 2.45) is 11.8 Å². The van der Waals surface area contributed by atoms with E-state index >= 15 is 0 Å². The molecule has 0 aliphatic rings. The summed E-state index contributed by atoms with van der Waals surface area (Å²) in [6.07, 6.45) is 4.16. The standard InChI is InChI=1S/C29H37O2PS2/c1-23(2)18-20-26-14-8-10-16-28(26)30-32(33,34-22-25-12-6-5-7-13-25)31-29-17-11-9-15-27(29)21-19-24(3)4/h5-17,23-24H,18-22H2,1-4H3. The zero-order valence-electron chi connectivity index (χ0n) is 20.8. The smallest absolute Gasteiger partial charge is 0.348 e. The summed E-state index contributed by atoms with van der Waals surface area (Å²) in [5.41, 5.74) is 0.884. The van der Waals surface area contributed by atoms with Crippen LogP contribution in [-0.4, -0.2) is 0 Å². The maximum atomic E-state index is 6.64. The van der Waals surface area contributed by atoms with Crippen LogP contribution in [0.2, 0.25) is 0 Å². The van der Waals surface area contributed by atoms with Gasteiger partial charge in [0.15, 0.2) is 0 Å². The van der Waals surface area contributed by atoms with E-state index in [0.717, 1.165) is 42.9 Å². The van der Waals surface area contributed by atoms with Crippen LogP contribution in [0.25, 0.3) is 0 Å². The van der Waals surface area contributed by atoms with Gasteiger partial charge >= 0.3 is 5.69 Å². The highest BCUT2D eigenvalue weighted by Gasteiger charge is 2.26. The molecule has 0 atom stereocenters. The summed E-state index contributed by atoms with van der Waals surface area (Å²) in [5.74, 6) is 3.72. The molecule has 0 unspecified atom stereocenters. The molecule has 3 aromatic rings. The molecular formula is C29H37O2PS2. The molecule has 0 saturated heterocycles. The van der Waals surface area contributed by atoms with E-state index in [1.807, 2.05) is 30.3 Å². The van der Waals surface area contributed by atoms with Gasteiger partial charge in [-0.25, -0.2) is 0 Å². The Morgan fingerprint density at radius 1 is 0.676 bits per heavy atom. The van der Waals surface area contributed by atoms with Crippen molar-refractivity contribution in [1.29, 1.82) is 0 Å². The Labute approximate surface area is 215 Å². The third-order valence-electron chi connectivity index (χ3n) is 5.58. The number of para-hydroxylation sites is 2. The molecule has 3 aromatic carbocycles. The van der Waals surface area contributed by atoms with E-state index in [2.05, 4.69) is 76.2 Å². The fraction of sp³-hybridized carbons (Fsp3) is 0.379. The molecule has 0 aliphatic heterocycles.